The van der Waals surface area contributed by atoms with Crippen LogP contribution in [0.4, 0.5) is 0 Å². The molecular weight excluding hydrogens is 296 g/mol. The van der Waals surface area contributed by atoms with Crippen molar-refractivity contribution in [2.45, 2.75) is 13.8 Å². The molecule has 4 aromatic rings. The van der Waals surface area contributed by atoms with Gasteiger partial charge in [0.05, 0.1) is 17.2 Å². The van der Waals surface area contributed by atoms with Crippen LogP contribution in [0, 0.1) is 25.2 Å². The first-order valence-electron chi connectivity index (χ1n) is 7.91. The molecule has 0 amide bonds. The summed E-state index contributed by atoms with van der Waals surface area (Å²) in [6, 6.07) is 16.2. The van der Waals surface area contributed by atoms with Crippen LogP contribution in [0.1, 0.15) is 16.7 Å². The topological polar surface area (TPSA) is 40.8 Å². The molecule has 0 spiro atoms. The van der Waals surface area contributed by atoms with Gasteiger partial charge in [-0.15, -0.1) is 0 Å². The van der Waals surface area contributed by atoms with Crippen molar-refractivity contribution in [3.8, 4) is 17.3 Å². The van der Waals surface area contributed by atoms with Gasteiger partial charge in [-0.1, -0.05) is 6.07 Å². The van der Waals surface area contributed by atoms with E-state index in [0.29, 0.717) is 5.56 Å². The predicted molar refractivity (Wildman–Crippen MR) is 94.5 cm³/mol. The Kier molecular flexibility index (Phi) is 3.14. The largest absolute Gasteiger partial charge is 0.456 e. The van der Waals surface area contributed by atoms with Crippen LogP contribution in [-0.2, 0) is 7.05 Å². The lowest BCUT2D eigenvalue weighted by molar-refractivity contribution is -0.660. The van der Waals surface area contributed by atoms with Crippen LogP contribution >= 0.6 is 0 Å². The van der Waals surface area contributed by atoms with Gasteiger partial charge < -0.3 is 4.42 Å². The van der Waals surface area contributed by atoms with Gasteiger partial charge in [0.15, 0.2) is 6.20 Å². The van der Waals surface area contributed by atoms with Crippen molar-refractivity contribution in [2.75, 3.05) is 0 Å². The van der Waals surface area contributed by atoms with E-state index in [1.165, 1.54) is 16.7 Å². The molecule has 0 aliphatic rings. The van der Waals surface area contributed by atoms with Crippen molar-refractivity contribution in [3.63, 3.8) is 0 Å². The molecule has 0 saturated heterocycles. The fourth-order valence-electron chi connectivity index (χ4n) is 3.38. The zero-order chi connectivity index (χ0) is 16.8. The third-order valence-electron chi connectivity index (χ3n) is 4.51. The Hall–Kier alpha value is -3.12. The van der Waals surface area contributed by atoms with Gasteiger partial charge in [0.25, 0.3) is 0 Å². The van der Waals surface area contributed by atoms with Crippen molar-refractivity contribution in [1.29, 1.82) is 5.26 Å². The van der Waals surface area contributed by atoms with Gasteiger partial charge in [0.1, 0.15) is 18.2 Å². The van der Waals surface area contributed by atoms with Crippen molar-refractivity contribution in [2.24, 2.45) is 7.05 Å². The smallest absolute Gasteiger partial charge is 0.213 e. The second-order valence-corrected chi connectivity index (χ2v) is 6.26. The molecule has 0 unspecified atom stereocenters. The van der Waals surface area contributed by atoms with E-state index in [0.717, 1.165) is 27.6 Å². The second-order valence-electron chi connectivity index (χ2n) is 6.26. The molecule has 0 atom stereocenters. The minimum absolute atomic E-state index is 0.612. The Morgan fingerprint density at radius 1 is 1.00 bits per heavy atom. The summed E-state index contributed by atoms with van der Waals surface area (Å²) in [4.78, 5) is 0. The lowest BCUT2D eigenvalue weighted by Gasteiger charge is -2.07. The Balaban J connectivity index is 2.15. The second kappa shape index (κ2) is 5.21. The zero-order valence-electron chi connectivity index (χ0n) is 13.9. The predicted octanol–water partition coefficient (Wildman–Crippen LogP) is 4.57. The molecule has 0 fully saturated rings. The van der Waals surface area contributed by atoms with Gasteiger partial charge in [-0.3, -0.25) is 0 Å². The highest BCUT2D eigenvalue weighted by Crippen LogP contribution is 2.37. The third-order valence-corrected chi connectivity index (χ3v) is 4.51. The number of fused-ring (bicyclic) bond motifs is 3. The SMILES string of the molecule is Cc1ccc(-c2c(C)ccc3oc4cc(C#N)ccc4c23)[n+](C)c1. The quantitative estimate of drug-likeness (QED) is 0.483. The van der Waals surface area contributed by atoms with E-state index < -0.39 is 0 Å². The van der Waals surface area contributed by atoms with E-state index >= 15 is 0 Å². The van der Waals surface area contributed by atoms with Crippen LogP contribution in [0.2, 0.25) is 0 Å². The fourth-order valence-corrected chi connectivity index (χ4v) is 3.38. The normalized spacial score (nSPS) is 11.1. The highest BCUT2D eigenvalue weighted by Gasteiger charge is 2.20. The van der Waals surface area contributed by atoms with E-state index in [9.17, 15) is 0 Å². The molecule has 0 saturated carbocycles. The number of pyridine rings is 1. The number of aromatic nitrogens is 1. The van der Waals surface area contributed by atoms with Crippen molar-refractivity contribution in [1.82, 2.24) is 0 Å². The van der Waals surface area contributed by atoms with Gasteiger partial charge in [0, 0.05) is 22.4 Å². The van der Waals surface area contributed by atoms with Gasteiger partial charge in [0.2, 0.25) is 5.69 Å². The number of hydrogen-bond acceptors (Lipinski definition) is 2. The number of nitriles is 1. The molecule has 2 heterocycles. The Morgan fingerprint density at radius 2 is 1.83 bits per heavy atom. The van der Waals surface area contributed by atoms with Gasteiger partial charge in [-0.25, -0.2) is 4.57 Å². The summed E-state index contributed by atoms with van der Waals surface area (Å²) in [6.45, 7) is 4.21. The molecule has 0 bridgehead atoms. The summed E-state index contributed by atoms with van der Waals surface area (Å²) in [5, 5.41) is 11.3. The molecule has 0 N–H and O–H groups in total. The van der Waals surface area contributed by atoms with E-state index in [1.807, 2.05) is 24.3 Å². The number of furan rings is 1. The molecule has 0 radical (unpaired) electrons. The maximum Gasteiger partial charge on any atom is 0.213 e. The summed E-state index contributed by atoms with van der Waals surface area (Å²) in [6.07, 6.45) is 2.13. The molecular formula is C21H17N2O+. The maximum atomic E-state index is 9.12. The van der Waals surface area contributed by atoms with Crippen molar-refractivity contribution in [3.05, 3.63) is 65.4 Å². The minimum atomic E-state index is 0.612. The molecule has 3 heteroatoms. The van der Waals surface area contributed by atoms with Crippen LogP contribution < -0.4 is 4.57 Å². The van der Waals surface area contributed by atoms with Crippen LogP contribution in [0.5, 0.6) is 0 Å². The standard InChI is InChI=1S/C21H17N2O/c1-13-4-8-17(23(3)12-13)20-14(2)5-9-18-21(20)16-7-6-15(11-22)10-19(16)24-18/h4-10,12H,1-3H3/q+1. The summed E-state index contributed by atoms with van der Waals surface area (Å²) in [5.41, 5.74) is 6.97. The summed E-state index contributed by atoms with van der Waals surface area (Å²) >= 11 is 0. The summed E-state index contributed by atoms with van der Waals surface area (Å²) in [5.74, 6) is 0. The number of rotatable bonds is 1. The van der Waals surface area contributed by atoms with E-state index in [1.54, 1.807) is 0 Å². The van der Waals surface area contributed by atoms with Crippen LogP contribution in [0.25, 0.3) is 33.2 Å². The van der Waals surface area contributed by atoms with Gasteiger partial charge >= 0.3 is 0 Å². The number of benzene rings is 2. The van der Waals surface area contributed by atoms with Crippen LogP contribution in [0.3, 0.4) is 0 Å². The first-order valence-corrected chi connectivity index (χ1v) is 7.91. The molecule has 3 nitrogen and oxygen atoms in total. The molecule has 24 heavy (non-hydrogen) atoms. The first-order chi connectivity index (χ1) is 11.6. The molecule has 0 aliphatic heterocycles. The minimum Gasteiger partial charge on any atom is -0.456 e. The van der Waals surface area contributed by atoms with E-state index in [4.69, 9.17) is 9.68 Å². The number of hydrogen-bond donors (Lipinski definition) is 0. The Morgan fingerprint density at radius 3 is 2.58 bits per heavy atom. The van der Waals surface area contributed by atoms with E-state index in [2.05, 4.69) is 55.9 Å². The van der Waals surface area contributed by atoms with Crippen LogP contribution in [0.15, 0.2) is 53.1 Å². The van der Waals surface area contributed by atoms with Crippen molar-refractivity contribution < 1.29 is 8.98 Å². The Bertz CT molecular complexity index is 1150. The molecule has 116 valence electrons. The zero-order valence-corrected chi connectivity index (χ0v) is 13.9. The molecule has 2 aromatic carbocycles. The van der Waals surface area contributed by atoms with Gasteiger partial charge in [-0.2, -0.15) is 5.26 Å². The van der Waals surface area contributed by atoms with E-state index in [-0.39, 0.29) is 0 Å². The average Bonchev–Trinajstić information content (AvgIpc) is 2.93. The number of aryl methyl sites for hydroxylation is 3. The molecule has 0 aliphatic carbocycles. The fraction of sp³-hybridized carbons (Fsp3) is 0.143. The van der Waals surface area contributed by atoms with Crippen LogP contribution in [-0.4, -0.2) is 0 Å². The van der Waals surface area contributed by atoms with Crippen molar-refractivity contribution >= 4 is 21.9 Å². The van der Waals surface area contributed by atoms with Gasteiger partial charge in [-0.05, 0) is 49.7 Å². The lowest BCUT2D eigenvalue weighted by atomic mass is 9.97. The third kappa shape index (κ3) is 2.08. The number of nitrogens with zero attached hydrogens (tertiary/aromatic N) is 2. The average molecular weight is 313 g/mol. The molecule has 2 aromatic heterocycles. The monoisotopic (exact) mass is 313 g/mol. The maximum absolute atomic E-state index is 9.12. The molecule has 4 rings (SSSR count). The summed E-state index contributed by atoms with van der Waals surface area (Å²) in [7, 11) is 2.07. The lowest BCUT2D eigenvalue weighted by Crippen LogP contribution is -2.31. The first kappa shape index (κ1) is 14.5. The highest BCUT2D eigenvalue weighted by molar-refractivity contribution is 6.12. The Labute approximate surface area is 140 Å². The highest BCUT2D eigenvalue weighted by atomic mass is 16.3. The summed E-state index contributed by atoms with van der Waals surface area (Å²) < 4.78 is 8.17.